The molecule has 7 nitrogen and oxygen atoms in total. The summed E-state index contributed by atoms with van der Waals surface area (Å²) in [6, 6.07) is 7.61. The molecule has 0 saturated carbocycles. The number of rotatable bonds is 13. The molecule has 0 aromatic heterocycles. The Morgan fingerprint density at radius 2 is 1.50 bits per heavy atom. The Labute approximate surface area is 169 Å². The molecule has 0 fully saturated rings. The van der Waals surface area contributed by atoms with E-state index < -0.39 is 0 Å². The third-order valence-corrected chi connectivity index (χ3v) is 4.14. The minimum absolute atomic E-state index is 0.213. The van der Waals surface area contributed by atoms with E-state index in [1.165, 1.54) is 0 Å². The number of hydrogen-bond donors (Lipinski definition) is 1. The van der Waals surface area contributed by atoms with Crippen LogP contribution in [-0.4, -0.2) is 75.3 Å². The zero-order valence-corrected chi connectivity index (χ0v) is 17.8. The van der Waals surface area contributed by atoms with Crippen LogP contribution in [0.2, 0.25) is 0 Å². The van der Waals surface area contributed by atoms with Gasteiger partial charge in [0.2, 0.25) is 0 Å². The molecule has 0 bridgehead atoms. The van der Waals surface area contributed by atoms with Crippen molar-refractivity contribution in [1.82, 2.24) is 4.90 Å². The predicted molar refractivity (Wildman–Crippen MR) is 110 cm³/mol. The number of esters is 2. The number of carbonyl (C=O) groups is 2. The Hall–Kier alpha value is -2.12. The van der Waals surface area contributed by atoms with Crippen molar-refractivity contribution in [2.45, 2.75) is 32.7 Å². The number of quaternary nitrogens is 1. The van der Waals surface area contributed by atoms with Crippen molar-refractivity contribution >= 4 is 17.6 Å². The van der Waals surface area contributed by atoms with Crippen molar-refractivity contribution < 1.29 is 23.5 Å². The zero-order valence-electron chi connectivity index (χ0n) is 17.8. The molecule has 1 aromatic rings. The van der Waals surface area contributed by atoms with Crippen LogP contribution in [-0.2, 0) is 25.6 Å². The maximum Gasteiger partial charge on any atom is 0.307 e. The van der Waals surface area contributed by atoms with E-state index in [0.717, 1.165) is 23.0 Å². The average Bonchev–Trinajstić information content (AvgIpc) is 2.62. The summed E-state index contributed by atoms with van der Waals surface area (Å²) in [6.45, 7) is 5.26. The lowest BCUT2D eigenvalue weighted by atomic mass is 10.2. The van der Waals surface area contributed by atoms with Crippen molar-refractivity contribution in [1.29, 1.82) is 0 Å². The molecule has 0 atom stereocenters. The van der Waals surface area contributed by atoms with E-state index in [-0.39, 0.29) is 18.4 Å². The number of ether oxygens (including phenoxy) is 2. The first kappa shape index (κ1) is 23.9. The Morgan fingerprint density at radius 1 is 0.964 bits per heavy atom. The number of carbonyl (C=O) groups excluding carboxylic acids is 2. The Kier molecular flexibility index (Phi) is 10.6. The van der Waals surface area contributed by atoms with E-state index in [2.05, 4.69) is 26.0 Å². The van der Waals surface area contributed by atoms with Crippen LogP contribution in [0, 0.1) is 0 Å². The maximum absolute atomic E-state index is 12.0. The summed E-state index contributed by atoms with van der Waals surface area (Å²) >= 11 is 0. The van der Waals surface area contributed by atoms with Gasteiger partial charge in [-0.25, -0.2) is 0 Å². The summed E-state index contributed by atoms with van der Waals surface area (Å²) in [7, 11) is 6.17. The fraction of sp³-hybridized carbons (Fsp3) is 0.619. The minimum Gasteiger partial charge on any atom is -0.466 e. The number of anilines is 1. The van der Waals surface area contributed by atoms with Crippen LogP contribution in [0.15, 0.2) is 24.3 Å². The molecular weight excluding hydrogens is 358 g/mol. The normalized spacial score (nSPS) is 11.5. The van der Waals surface area contributed by atoms with Crippen LogP contribution in [0.3, 0.4) is 0 Å². The molecular formula is C21H36N3O4+. The second-order valence-electron chi connectivity index (χ2n) is 7.97. The highest BCUT2D eigenvalue weighted by Gasteiger charge is 2.14. The van der Waals surface area contributed by atoms with Gasteiger partial charge in [0.15, 0.2) is 0 Å². The van der Waals surface area contributed by atoms with Crippen molar-refractivity contribution in [3.63, 3.8) is 0 Å². The van der Waals surface area contributed by atoms with Crippen LogP contribution in [0.25, 0.3) is 0 Å². The number of nitrogens with zero attached hydrogens (tertiary/aromatic N) is 2. The molecule has 0 spiro atoms. The quantitative estimate of drug-likeness (QED) is 0.313. The van der Waals surface area contributed by atoms with Gasteiger partial charge in [0.25, 0.3) is 0 Å². The molecule has 0 aliphatic carbocycles. The van der Waals surface area contributed by atoms with Gasteiger partial charge in [0, 0.05) is 25.3 Å². The smallest absolute Gasteiger partial charge is 0.307 e. The summed E-state index contributed by atoms with van der Waals surface area (Å²) in [4.78, 5) is 25.9. The number of likely N-dealkylation sites (N-methyl/N-ethyl adjacent to an activating group) is 1. The van der Waals surface area contributed by atoms with Crippen LogP contribution >= 0.6 is 0 Å². The van der Waals surface area contributed by atoms with Crippen molar-refractivity contribution in [2.75, 3.05) is 59.7 Å². The van der Waals surface area contributed by atoms with Crippen LogP contribution in [0.4, 0.5) is 5.69 Å². The van der Waals surface area contributed by atoms with Crippen molar-refractivity contribution in [3.05, 3.63) is 29.8 Å². The molecule has 0 aliphatic heterocycles. The van der Waals surface area contributed by atoms with Crippen LogP contribution in [0.5, 0.6) is 0 Å². The maximum atomic E-state index is 12.0. The first-order valence-corrected chi connectivity index (χ1v) is 9.88. The molecule has 0 radical (unpaired) electrons. The number of benzene rings is 1. The van der Waals surface area contributed by atoms with Crippen LogP contribution < -0.4 is 5.73 Å². The highest BCUT2D eigenvalue weighted by Crippen LogP contribution is 2.10. The first-order chi connectivity index (χ1) is 13.2. The molecule has 0 saturated heterocycles. The van der Waals surface area contributed by atoms with E-state index in [0.29, 0.717) is 45.0 Å². The monoisotopic (exact) mass is 394 g/mol. The first-order valence-electron chi connectivity index (χ1n) is 9.88. The Bertz CT molecular complexity index is 597. The van der Waals surface area contributed by atoms with E-state index in [1.807, 2.05) is 31.2 Å². The van der Waals surface area contributed by atoms with Gasteiger partial charge < -0.3 is 19.7 Å². The lowest BCUT2D eigenvalue weighted by Crippen LogP contribution is -2.38. The third-order valence-electron chi connectivity index (χ3n) is 4.14. The van der Waals surface area contributed by atoms with Crippen LogP contribution in [0.1, 0.15) is 31.7 Å². The summed E-state index contributed by atoms with van der Waals surface area (Å²) in [5.41, 5.74) is 7.53. The second-order valence-corrected chi connectivity index (χ2v) is 7.97. The highest BCUT2D eigenvalue weighted by molar-refractivity contribution is 5.70. The van der Waals surface area contributed by atoms with Gasteiger partial charge in [0.1, 0.15) is 13.2 Å². The molecule has 28 heavy (non-hydrogen) atoms. The number of hydrogen-bond acceptors (Lipinski definition) is 6. The Balaban J connectivity index is 2.52. The lowest BCUT2D eigenvalue weighted by molar-refractivity contribution is -0.870. The summed E-state index contributed by atoms with van der Waals surface area (Å²) in [6.07, 6.45) is 1.39. The molecule has 0 unspecified atom stereocenters. The molecule has 0 aliphatic rings. The summed E-state index contributed by atoms with van der Waals surface area (Å²) in [5.74, 6) is -0.431. The van der Waals surface area contributed by atoms with Gasteiger partial charge in [-0.1, -0.05) is 19.1 Å². The van der Waals surface area contributed by atoms with E-state index in [9.17, 15) is 9.59 Å². The Morgan fingerprint density at radius 3 is 2.00 bits per heavy atom. The lowest BCUT2D eigenvalue weighted by Gasteiger charge is -2.24. The predicted octanol–water partition coefficient (Wildman–Crippen LogP) is 2.05. The highest BCUT2D eigenvalue weighted by atomic mass is 16.5. The molecule has 7 heteroatoms. The van der Waals surface area contributed by atoms with Gasteiger partial charge in [0.05, 0.1) is 40.6 Å². The second kappa shape index (κ2) is 12.4. The molecule has 0 heterocycles. The van der Waals surface area contributed by atoms with Crippen molar-refractivity contribution in [3.8, 4) is 0 Å². The van der Waals surface area contributed by atoms with Crippen molar-refractivity contribution in [2.24, 2.45) is 0 Å². The van der Waals surface area contributed by atoms with Gasteiger partial charge in [-0.2, -0.15) is 0 Å². The van der Waals surface area contributed by atoms with E-state index in [4.69, 9.17) is 15.2 Å². The molecule has 0 amide bonds. The van der Waals surface area contributed by atoms with Gasteiger partial charge in [-0.3, -0.25) is 14.5 Å². The fourth-order valence-corrected chi connectivity index (χ4v) is 2.44. The van der Waals surface area contributed by atoms with Gasteiger partial charge >= 0.3 is 11.9 Å². The van der Waals surface area contributed by atoms with E-state index >= 15 is 0 Å². The topological polar surface area (TPSA) is 81.9 Å². The van der Waals surface area contributed by atoms with Gasteiger partial charge in [-0.05, 0) is 24.1 Å². The van der Waals surface area contributed by atoms with Gasteiger partial charge in [-0.15, -0.1) is 0 Å². The third kappa shape index (κ3) is 11.6. The minimum atomic E-state index is -0.218. The van der Waals surface area contributed by atoms with E-state index in [1.54, 1.807) is 0 Å². The fourth-order valence-electron chi connectivity index (χ4n) is 2.44. The zero-order chi connectivity index (χ0) is 21.0. The average molecular weight is 395 g/mol. The summed E-state index contributed by atoms with van der Waals surface area (Å²) in [5, 5.41) is 0. The number of nitrogens with two attached hydrogens (primary N) is 1. The largest absolute Gasteiger partial charge is 0.466 e. The molecule has 158 valence electrons. The summed E-state index contributed by atoms with van der Waals surface area (Å²) < 4.78 is 11.2. The number of nitrogen functional groups attached to an aromatic ring is 1. The SMILES string of the molecule is CCCOC(=O)CCN(CCC(=O)OCC[N+](C)(C)C)Cc1ccc(N)cc1. The standard InChI is InChI=1S/C21H36N3O4/c1-5-15-27-20(25)10-12-23(17-18-6-8-19(22)9-7-18)13-11-21(26)28-16-14-24(2,3)4/h6-9H,5,10-17,22H2,1-4H3/q+1. The molecule has 2 N–H and O–H groups in total. The molecule has 1 rings (SSSR count). The molecule has 1 aromatic carbocycles.